The van der Waals surface area contributed by atoms with Crippen LogP contribution in [0.15, 0.2) is 42.5 Å². The summed E-state index contributed by atoms with van der Waals surface area (Å²) in [5.74, 6) is -1.03. The summed E-state index contributed by atoms with van der Waals surface area (Å²) in [6.07, 6.45) is -0.926. The zero-order valence-corrected chi connectivity index (χ0v) is 12.7. The highest BCUT2D eigenvalue weighted by atomic mass is 19.1. The zero-order chi connectivity index (χ0) is 17.3. The van der Waals surface area contributed by atoms with Crippen molar-refractivity contribution in [2.75, 3.05) is 18.0 Å². The molecule has 0 spiro atoms. The fraction of sp³-hybridized carbons (Fsp3) is 0.176. The summed E-state index contributed by atoms with van der Waals surface area (Å²) in [4.78, 5) is 24.2. The Morgan fingerprint density at radius 3 is 2.50 bits per heavy atom. The number of cyclic esters (lactones) is 1. The first kappa shape index (κ1) is 15.9. The van der Waals surface area contributed by atoms with Gasteiger partial charge in [0.05, 0.1) is 12.2 Å². The molecule has 6 nitrogen and oxygen atoms in total. The number of benzene rings is 2. The molecule has 124 valence electrons. The standard InChI is InChI=1S/C17H16FN3O3/c18-15-7-12(21-9-13(8-19)24-17(21)23)5-6-14(15)10-1-3-11(4-2-10)16(20)22/h1-7,13H,8-9,19H2,(H2,20,22)/t13-/m0/s1. The Balaban J connectivity index is 1.87. The second-order valence-corrected chi connectivity index (χ2v) is 5.46. The molecule has 1 saturated heterocycles. The van der Waals surface area contributed by atoms with E-state index in [0.29, 0.717) is 28.9 Å². The van der Waals surface area contributed by atoms with Gasteiger partial charge >= 0.3 is 6.09 Å². The Morgan fingerprint density at radius 2 is 1.96 bits per heavy atom. The minimum absolute atomic E-state index is 0.217. The lowest BCUT2D eigenvalue weighted by Gasteiger charge is -2.14. The minimum Gasteiger partial charge on any atom is -0.443 e. The Bertz CT molecular complexity index is 792. The summed E-state index contributed by atoms with van der Waals surface area (Å²) in [5, 5.41) is 0. The molecule has 3 rings (SSSR count). The maximum atomic E-state index is 14.5. The van der Waals surface area contributed by atoms with Crippen LogP contribution in [0.4, 0.5) is 14.9 Å². The highest BCUT2D eigenvalue weighted by molar-refractivity contribution is 5.93. The van der Waals surface area contributed by atoms with Gasteiger partial charge in [-0.3, -0.25) is 9.69 Å². The predicted octanol–water partition coefficient (Wildman–Crippen LogP) is 1.88. The van der Waals surface area contributed by atoms with Crippen LogP contribution < -0.4 is 16.4 Å². The monoisotopic (exact) mass is 329 g/mol. The highest BCUT2D eigenvalue weighted by Gasteiger charge is 2.31. The molecule has 0 saturated carbocycles. The van der Waals surface area contributed by atoms with Crippen molar-refractivity contribution in [2.24, 2.45) is 11.5 Å². The number of rotatable bonds is 4. The molecule has 2 amide bonds. The number of hydrogen-bond acceptors (Lipinski definition) is 4. The third-order valence-corrected chi connectivity index (χ3v) is 3.88. The Morgan fingerprint density at radius 1 is 1.25 bits per heavy atom. The molecule has 0 aromatic heterocycles. The van der Waals surface area contributed by atoms with Gasteiger partial charge in [0, 0.05) is 17.7 Å². The van der Waals surface area contributed by atoms with Gasteiger partial charge in [0.25, 0.3) is 0 Å². The number of amides is 2. The first-order chi connectivity index (χ1) is 11.5. The van der Waals surface area contributed by atoms with E-state index in [0.717, 1.165) is 0 Å². The summed E-state index contributed by atoms with van der Waals surface area (Å²) in [5.41, 5.74) is 12.4. The van der Waals surface area contributed by atoms with Crippen molar-refractivity contribution in [3.63, 3.8) is 0 Å². The van der Waals surface area contributed by atoms with Crippen LogP contribution in [0, 0.1) is 5.82 Å². The van der Waals surface area contributed by atoms with E-state index >= 15 is 0 Å². The Kier molecular flexibility index (Phi) is 4.18. The molecular formula is C17H16FN3O3. The van der Waals surface area contributed by atoms with Gasteiger partial charge in [-0.25, -0.2) is 9.18 Å². The van der Waals surface area contributed by atoms with Gasteiger partial charge in [0.2, 0.25) is 5.91 Å². The SMILES string of the molecule is NC[C@H]1CN(c2ccc(-c3ccc(C(N)=O)cc3)c(F)c2)C(=O)O1. The number of nitrogens with two attached hydrogens (primary N) is 2. The summed E-state index contributed by atoms with van der Waals surface area (Å²) >= 11 is 0. The van der Waals surface area contributed by atoms with Crippen LogP contribution >= 0.6 is 0 Å². The Labute approximate surface area is 137 Å². The van der Waals surface area contributed by atoms with Gasteiger partial charge in [-0.05, 0) is 35.9 Å². The van der Waals surface area contributed by atoms with E-state index in [4.69, 9.17) is 16.2 Å². The minimum atomic E-state index is -0.542. The molecule has 1 heterocycles. The molecule has 0 unspecified atom stereocenters. The number of nitrogens with zero attached hydrogens (tertiary/aromatic N) is 1. The van der Waals surface area contributed by atoms with Crippen LogP contribution in [0.1, 0.15) is 10.4 Å². The number of halogens is 1. The van der Waals surface area contributed by atoms with Gasteiger partial charge in [-0.1, -0.05) is 12.1 Å². The van der Waals surface area contributed by atoms with E-state index in [9.17, 15) is 14.0 Å². The van der Waals surface area contributed by atoms with Gasteiger partial charge in [-0.2, -0.15) is 0 Å². The molecular weight excluding hydrogens is 313 g/mol. The molecule has 0 radical (unpaired) electrons. The largest absolute Gasteiger partial charge is 0.443 e. The van der Waals surface area contributed by atoms with Gasteiger partial charge in [-0.15, -0.1) is 0 Å². The van der Waals surface area contributed by atoms with Crippen molar-refractivity contribution in [3.05, 3.63) is 53.8 Å². The van der Waals surface area contributed by atoms with E-state index < -0.39 is 17.8 Å². The summed E-state index contributed by atoms with van der Waals surface area (Å²) in [6, 6.07) is 10.8. The molecule has 0 aliphatic carbocycles. The molecule has 24 heavy (non-hydrogen) atoms. The molecule has 1 atom stereocenters. The summed E-state index contributed by atoms with van der Waals surface area (Å²) in [6.45, 7) is 0.510. The van der Waals surface area contributed by atoms with Crippen molar-refractivity contribution in [2.45, 2.75) is 6.10 Å². The van der Waals surface area contributed by atoms with Crippen molar-refractivity contribution >= 4 is 17.7 Å². The van der Waals surface area contributed by atoms with Crippen LogP contribution in [0.5, 0.6) is 0 Å². The molecule has 1 fully saturated rings. The maximum absolute atomic E-state index is 14.5. The first-order valence-corrected chi connectivity index (χ1v) is 7.37. The maximum Gasteiger partial charge on any atom is 0.414 e. The number of carbonyl (C=O) groups is 2. The molecule has 1 aliphatic rings. The summed E-state index contributed by atoms with van der Waals surface area (Å²) in [7, 11) is 0. The lowest BCUT2D eigenvalue weighted by atomic mass is 10.0. The quantitative estimate of drug-likeness (QED) is 0.894. The van der Waals surface area contributed by atoms with Crippen LogP contribution in [-0.2, 0) is 4.74 Å². The third-order valence-electron chi connectivity index (χ3n) is 3.88. The molecule has 1 aliphatic heterocycles. The second-order valence-electron chi connectivity index (χ2n) is 5.46. The van der Waals surface area contributed by atoms with Gasteiger partial charge in [0.15, 0.2) is 0 Å². The lowest BCUT2D eigenvalue weighted by Crippen LogP contribution is -2.27. The smallest absolute Gasteiger partial charge is 0.414 e. The van der Waals surface area contributed by atoms with Gasteiger partial charge in [0.1, 0.15) is 11.9 Å². The number of hydrogen-bond donors (Lipinski definition) is 2. The summed E-state index contributed by atoms with van der Waals surface area (Å²) < 4.78 is 19.5. The second kappa shape index (κ2) is 6.29. The van der Waals surface area contributed by atoms with Crippen molar-refractivity contribution in [1.29, 1.82) is 0 Å². The van der Waals surface area contributed by atoms with Crippen molar-refractivity contribution in [1.82, 2.24) is 0 Å². The molecule has 2 aromatic rings. The molecule has 0 bridgehead atoms. The average molecular weight is 329 g/mol. The fourth-order valence-corrected chi connectivity index (χ4v) is 2.58. The van der Waals surface area contributed by atoms with E-state index in [1.54, 1.807) is 24.3 Å². The molecule has 2 aromatic carbocycles. The first-order valence-electron chi connectivity index (χ1n) is 7.37. The van der Waals surface area contributed by atoms with Crippen LogP contribution in [0.3, 0.4) is 0 Å². The van der Waals surface area contributed by atoms with E-state index in [2.05, 4.69) is 0 Å². The Hall–Kier alpha value is -2.93. The fourth-order valence-electron chi connectivity index (χ4n) is 2.58. The number of carbonyl (C=O) groups excluding carboxylic acids is 2. The highest BCUT2D eigenvalue weighted by Crippen LogP contribution is 2.29. The van der Waals surface area contributed by atoms with Gasteiger partial charge < -0.3 is 16.2 Å². The molecule has 7 heteroatoms. The third kappa shape index (κ3) is 2.93. The van der Waals surface area contributed by atoms with E-state index in [-0.39, 0.29) is 12.6 Å². The number of anilines is 1. The lowest BCUT2D eigenvalue weighted by molar-refractivity contribution is 0.1000. The number of primary amides is 1. The predicted molar refractivity (Wildman–Crippen MR) is 87.0 cm³/mol. The van der Waals surface area contributed by atoms with Crippen LogP contribution in [-0.4, -0.2) is 31.2 Å². The van der Waals surface area contributed by atoms with Crippen LogP contribution in [0.25, 0.3) is 11.1 Å². The normalized spacial score (nSPS) is 17.0. The van der Waals surface area contributed by atoms with Crippen molar-refractivity contribution in [3.8, 4) is 11.1 Å². The average Bonchev–Trinajstić information content (AvgIpc) is 2.96. The van der Waals surface area contributed by atoms with Crippen LogP contribution in [0.2, 0.25) is 0 Å². The molecule has 4 N–H and O–H groups in total. The van der Waals surface area contributed by atoms with Crippen molar-refractivity contribution < 1.29 is 18.7 Å². The van der Waals surface area contributed by atoms with E-state index in [1.165, 1.54) is 23.1 Å². The van der Waals surface area contributed by atoms with E-state index in [1.807, 2.05) is 0 Å². The number of ether oxygens (including phenoxy) is 1. The zero-order valence-electron chi connectivity index (χ0n) is 12.7. The topological polar surface area (TPSA) is 98.6 Å².